The van der Waals surface area contributed by atoms with Gasteiger partial charge in [0.1, 0.15) is 12.4 Å². The first-order valence-corrected chi connectivity index (χ1v) is 5.57. The summed E-state index contributed by atoms with van der Waals surface area (Å²) in [5.41, 5.74) is 5.96. The Hall–Kier alpha value is -0.540. The fourth-order valence-electron chi connectivity index (χ4n) is 1.49. The number of benzene rings is 1. The highest BCUT2D eigenvalue weighted by molar-refractivity contribution is 9.10. The fraction of sp³-hybridized carbons (Fsp3) is 0.455. The molecule has 1 fully saturated rings. The summed E-state index contributed by atoms with van der Waals surface area (Å²) >= 11 is 3.40. The molecule has 76 valence electrons. The molecule has 2 nitrogen and oxygen atoms in total. The summed E-state index contributed by atoms with van der Waals surface area (Å²) in [6.45, 7) is 2.77. The van der Waals surface area contributed by atoms with Crippen molar-refractivity contribution < 1.29 is 4.74 Å². The number of ether oxygens (including phenoxy) is 1. The van der Waals surface area contributed by atoms with E-state index < -0.39 is 0 Å². The van der Waals surface area contributed by atoms with E-state index >= 15 is 0 Å². The molecule has 0 heterocycles. The quantitative estimate of drug-likeness (QED) is 0.902. The van der Waals surface area contributed by atoms with Gasteiger partial charge in [-0.1, -0.05) is 28.9 Å². The second-order valence-corrected chi connectivity index (χ2v) is 5.00. The molecule has 1 aromatic carbocycles. The van der Waals surface area contributed by atoms with Gasteiger partial charge in [-0.15, -0.1) is 0 Å². The van der Waals surface area contributed by atoms with Crippen LogP contribution in [0.25, 0.3) is 0 Å². The molecule has 1 aromatic rings. The van der Waals surface area contributed by atoms with Crippen LogP contribution in [0.2, 0.25) is 0 Å². The van der Waals surface area contributed by atoms with E-state index in [2.05, 4.69) is 22.9 Å². The number of rotatable bonds is 3. The fourth-order valence-corrected chi connectivity index (χ4v) is 1.87. The van der Waals surface area contributed by atoms with Crippen molar-refractivity contribution in [3.63, 3.8) is 0 Å². The van der Waals surface area contributed by atoms with Gasteiger partial charge in [0.25, 0.3) is 0 Å². The molecule has 0 radical (unpaired) electrons. The average molecular weight is 256 g/mol. The maximum Gasteiger partial charge on any atom is 0.120 e. The van der Waals surface area contributed by atoms with Gasteiger partial charge in [0.2, 0.25) is 0 Å². The molecule has 2 unspecified atom stereocenters. The number of nitrogens with two attached hydrogens (primary N) is 1. The van der Waals surface area contributed by atoms with E-state index in [0.717, 1.165) is 16.6 Å². The van der Waals surface area contributed by atoms with E-state index in [1.807, 2.05) is 24.3 Å². The van der Waals surface area contributed by atoms with Crippen LogP contribution in [0, 0.1) is 5.92 Å². The molecule has 0 aliphatic heterocycles. The van der Waals surface area contributed by atoms with Crippen molar-refractivity contribution in [2.24, 2.45) is 11.7 Å². The summed E-state index contributed by atoms with van der Waals surface area (Å²) in [5.74, 6) is 1.47. The van der Waals surface area contributed by atoms with E-state index in [1.165, 1.54) is 0 Å². The summed E-state index contributed by atoms with van der Waals surface area (Å²) < 4.78 is 6.66. The SMILES string of the molecule is CC1CC1(N)COc1cccc(Br)c1. The normalized spacial score (nSPS) is 30.1. The molecule has 14 heavy (non-hydrogen) atoms. The van der Waals surface area contributed by atoms with Crippen molar-refractivity contribution in [1.82, 2.24) is 0 Å². The van der Waals surface area contributed by atoms with Gasteiger partial charge >= 0.3 is 0 Å². The average Bonchev–Trinajstić information content (AvgIpc) is 2.72. The Bertz CT molecular complexity index is 342. The highest BCUT2D eigenvalue weighted by Crippen LogP contribution is 2.40. The third-order valence-electron chi connectivity index (χ3n) is 2.81. The zero-order chi connectivity index (χ0) is 10.2. The predicted molar refractivity (Wildman–Crippen MR) is 60.3 cm³/mol. The van der Waals surface area contributed by atoms with Crippen molar-refractivity contribution in [3.8, 4) is 5.75 Å². The standard InChI is InChI=1S/C11H14BrNO/c1-8-6-11(8,13)7-14-10-4-2-3-9(12)5-10/h2-5,8H,6-7,13H2,1H3. The minimum atomic E-state index is -0.0810. The molecule has 0 spiro atoms. The van der Waals surface area contributed by atoms with Crippen LogP contribution in [0.15, 0.2) is 28.7 Å². The molecule has 0 amide bonds. The Morgan fingerprint density at radius 1 is 1.64 bits per heavy atom. The zero-order valence-corrected chi connectivity index (χ0v) is 9.75. The van der Waals surface area contributed by atoms with E-state index in [1.54, 1.807) is 0 Å². The smallest absolute Gasteiger partial charge is 0.120 e. The van der Waals surface area contributed by atoms with Crippen LogP contribution in [0.1, 0.15) is 13.3 Å². The maximum absolute atomic E-state index is 6.04. The van der Waals surface area contributed by atoms with Gasteiger partial charge < -0.3 is 10.5 Å². The molecule has 0 saturated heterocycles. The zero-order valence-electron chi connectivity index (χ0n) is 8.16. The molecule has 0 bridgehead atoms. The predicted octanol–water partition coefficient (Wildman–Crippen LogP) is 2.57. The second kappa shape index (κ2) is 3.55. The Balaban J connectivity index is 1.92. The highest BCUT2D eigenvalue weighted by Gasteiger charge is 2.48. The Morgan fingerprint density at radius 3 is 2.93 bits per heavy atom. The van der Waals surface area contributed by atoms with E-state index in [-0.39, 0.29) is 5.54 Å². The van der Waals surface area contributed by atoms with Gasteiger partial charge in [-0.25, -0.2) is 0 Å². The van der Waals surface area contributed by atoms with Gasteiger partial charge in [-0.3, -0.25) is 0 Å². The van der Waals surface area contributed by atoms with Crippen LogP contribution in [0.5, 0.6) is 5.75 Å². The number of hydrogen-bond acceptors (Lipinski definition) is 2. The Morgan fingerprint density at radius 2 is 2.36 bits per heavy atom. The molecule has 1 aliphatic rings. The molecule has 1 saturated carbocycles. The van der Waals surface area contributed by atoms with Gasteiger partial charge in [0.05, 0.1) is 5.54 Å². The van der Waals surface area contributed by atoms with E-state index in [4.69, 9.17) is 10.5 Å². The van der Waals surface area contributed by atoms with Gasteiger partial charge in [0, 0.05) is 4.47 Å². The third-order valence-corrected chi connectivity index (χ3v) is 3.30. The largest absolute Gasteiger partial charge is 0.492 e. The lowest BCUT2D eigenvalue weighted by molar-refractivity contribution is 0.271. The second-order valence-electron chi connectivity index (χ2n) is 4.08. The van der Waals surface area contributed by atoms with Gasteiger partial charge in [-0.2, -0.15) is 0 Å². The summed E-state index contributed by atoms with van der Waals surface area (Å²) in [7, 11) is 0. The first-order valence-electron chi connectivity index (χ1n) is 4.77. The maximum atomic E-state index is 6.04. The van der Waals surface area contributed by atoms with Gasteiger partial charge in [0.15, 0.2) is 0 Å². The molecule has 2 atom stereocenters. The highest BCUT2D eigenvalue weighted by atomic mass is 79.9. The van der Waals surface area contributed by atoms with Gasteiger partial charge in [-0.05, 0) is 30.5 Å². The topological polar surface area (TPSA) is 35.2 Å². The molecule has 2 N–H and O–H groups in total. The van der Waals surface area contributed by atoms with Crippen LogP contribution in [-0.2, 0) is 0 Å². The van der Waals surface area contributed by atoms with Crippen molar-refractivity contribution >= 4 is 15.9 Å². The molecular formula is C11H14BrNO. The molecule has 3 heteroatoms. The van der Waals surface area contributed by atoms with Crippen LogP contribution in [0.3, 0.4) is 0 Å². The summed E-state index contributed by atoms with van der Waals surface area (Å²) in [6, 6.07) is 7.83. The first-order chi connectivity index (χ1) is 6.60. The number of halogens is 1. The Labute approximate surface area is 92.6 Å². The lowest BCUT2D eigenvalue weighted by Gasteiger charge is -2.12. The monoisotopic (exact) mass is 255 g/mol. The van der Waals surface area contributed by atoms with Crippen LogP contribution >= 0.6 is 15.9 Å². The lowest BCUT2D eigenvalue weighted by Crippen LogP contribution is -2.32. The number of hydrogen-bond donors (Lipinski definition) is 1. The lowest BCUT2D eigenvalue weighted by atomic mass is 10.2. The minimum absolute atomic E-state index is 0.0810. The summed E-state index contributed by atoms with van der Waals surface area (Å²) in [5, 5.41) is 0. The van der Waals surface area contributed by atoms with Crippen LogP contribution < -0.4 is 10.5 Å². The molecule has 2 rings (SSSR count). The molecular weight excluding hydrogens is 242 g/mol. The van der Waals surface area contributed by atoms with E-state index in [0.29, 0.717) is 12.5 Å². The molecule has 1 aliphatic carbocycles. The molecule has 0 aromatic heterocycles. The third kappa shape index (κ3) is 2.10. The summed E-state index contributed by atoms with van der Waals surface area (Å²) in [4.78, 5) is 0. The Kier molecular flexibility index (Phi) is 2.54. The van der Waals surface area contributed by atoms with Crippen molar-refractivity contribution in [1.29, 1.82) is 0 Å². The van der Waals surface area contributed by atoms with Crippen LogP contribution in [-0.4, -0.2) is 12.1 Å². The van der Waals surface area contributed by atoms with E-state index in [9.17, 15) is 0 Å². The minimum Gasteiger partial charge on any atom is -0.492 e. The van der Waals surface area contributed by atoms with Crippen molar-refractivity contribution in [2.75, 3.05) is 6.61 Å². The van der Waals surface area contributed by atoms with Crippen LogP contribution in [0.4, 0.5) is 0 Å². The first kappa shape index (κ1) is 9.99. The van der Waals surface area contributed by atoms with Crippen molar-refractivity contribution in [2.45, 2.75) is 18.9 Å². The summed E-state index contributed by atoms with van der Waals surface area (Å²) in [6.07, 6.45) is 1.07. The van der Waals surface area contributed by atoms with Crippen molar-refractivity contribution in [3.05, 3.63) is 28.7 Å².